The topological polar surface area (TPSA) is 92.2 Å². The number of hydrogen-bond acceptors (Lipinski definition) is 7. The molecule has 2 aromatic rings. The fourth-order valence-corrected chi connectivity index (χ4v) is 3.06. The summed E-state index contributed by atoms with van der Waals surface area (Å²) in [6, 6.07) is 2.24. The molecule has 0 bridgehead atoms. The molecular weight excluding hydrogens is 308 g/mol. The summed E-state index contributed by atoms with van der Waals surface area (Å²) in [6.07, 6.45) is 6.17. The first-order chi connectivity index (χ1) is 11.7. The van der Waals surface area contributed by atoms with Crippen molar-refractivity contribution in [1.29, 1.82) is 0 Å². The maximum Gasteiger partial charge on any atom is 0.226 e. The second-order valence-electron chi connectivity index (χ2n) is 6.32. The Balaban J connectivity index is 1.41. The monoisotopic (exact) mass is 334 g/mol. The maximum absolute atomic E-state index is 10.1. The predicted octanol–water partition coefficient (Wildman–Crippen LogP) is 0.444. The molecule has 8 nitrogen and oxygen atoms in total. The highest BCUT2D eigenvalue weighted by Gasteiger charge is 2.21. The Labute approximate surface area is 141 Å². The molecule has 24 heavy (non-hydrogen) atoms. The highest BCUT2D eigenvalue weighted by atomic mass is 16.5. The molecule has 1 aliphatic rings. The lowest BCUT2D eigenvalue weighted by Crippen LogP contribution is -2.47. The first kappa shape index (κ1) is 17.1. The molecule has 0 radical (unpaired) electrons. The van der Waals surface area contributed by atoms with Crippen LogP contribution in [0.4, 0.5) is 0 Å². The summed E-state index contributed by atoms with van der Waals surface area (Å²) < 4.78 is 6.92. The largest absolute Gasteiger partial charge is 0.390 e. The smallest absolute Gasteiger partial charge is 0.226 e. The van der Waals surface area contributed by atoms with Crippen LogP contribution in [0.2, 0.25) is 0 Å². The van der Waals surface area contributed by atoms with E-state index in [2.05, 4.69) is 25.5 Å². The van der Waals surface area contributed by atoms with Crippen LogP contribution in [0.5, 0.6) is 0 Å². The van der Waals surface area contributed by atoms with E-state index in [0.717, 1.165) is 44.7 Å². The molecule has 1 aliphatic heterocycles. The van der Waals surface area contributed by atoms with Gasteiger partial charge >= 0.3 is 0 Å². The summed E-state index contributed by atoms with van der Waals surface area (Å²) >= 11 is 0. The van der Waals surface area contributed by atoms with Crippen LogP contribution in [0.3, 0.4) is 0 Å². The van der Waals surface area contributed by atoms with Crippen LogP contribution in [0.25, 0.3) is 0 Å². The Morgan fingerprint density at radius 3 is 3.17 bits per heavy atom. The predicted molar refractivity (Wildman–Crippen MR) is 88.2 cm³/mol. The molecule has 0 aromatic carbocycles. The molecule has 1 fully saturated rings. The van der Waals surface area contributed by atoms with Crippen LogP contribution < -0.4 is 5.32 Å². The van der Waals surface area contributed by atoms with Gasteiger partial charge in [-0.05, 0) is 25.5 Å². The number of piperidine rings is 1. The second-order valence-corrected chi connectivity index (χ2v) is 6.32. The van der Waals surface area contributed by atoms with E-state index in [1.54, 1.807) is 10.9 Å². The number of aliphatic hydroxyl groups excluding tert-OH is 1. The number of hydrogen-bond donors (Lipinski definition) is 2. The summed E-state index contributed by atoms with van der Waals surface area (Å²) in [6.45, 7) is 5.79. The van der Waals surface area contributed by atoms with Gasteiger partial charge in [-0.3, -0.25) is 9.58 Å². The quantitative estimate of drug-likeness (QED) is 0.724. The lowest BCUT2D eigenvalue weighted by atomic mass is 10.1. The van der Waals surface area contributed by atoms with Gasteiger partial charge in [0.25, 0.3) is 0 Å². The maximum atomic E-state index is 10.1. The van der Waals surface area contributed by atoms with Crippen LogP contribution in [0.1, 0.15) is 31.5 Å². The van der Waals surface area contributed by atoms with Crippen molar-refractivity contribution in [3.63, 3.8) is 0 Å². The molecule has 0 spiro atoms. The van der Waals surface area contributed by atoms with E-state index in [-0.39, 0.29) is 0 Å². The molecule has 8 heteroatoms. The number of likely N-dealkylation sites (tertiary alicyclic amines) is 1. The van der Waals surface area contributed by atoms with Crippen LogP contribution in [-0.4, -0.2) is 61.7 Å². The van der Waals surface area contributed by atoms with E-state index < -0.39 is 6.10 Å². The number of aromatic nitrogens is 4. The van der Waals surface area contributed by atoms with E-state index in [1.165, 1.54) is 0 Å². The summed E-state index contributed by atoms with van der Waals surface area (Å²) in [5.41, 5.74) is 0. The third-order valence-electron chi connectivity index (χ3n) is 4.28. The Morgan fingerprint density at radius 1 is 1.50 bits per heavy atom. The van der Waals surface area contributed by atoms with E-state index in [9.17, 15) is 5.11 Å². The minimum atomic E-state index is -0.440. The molecule has 1 saturated heterocycles. The molecule has 3 heterocycles. The van der Waals surface area contributed by atoms with Gasteiger partial charge in [-0.1, -0.05) is 12.1 Å². The second kappa shape index (κ2) is 8.36. The molecule has 132 valence electrons. The third-order valence-corrected chi connectivity index (χ3v) is 4.28. The van der Waals surface area contributed by atoms with Crippen LogP contribution in [-0.2, 0) is 19.5 Å². The lowest BCUT2D eigenvalue weighted by Gasteiger charge is -2.32. The molecular formula is C16H26N6O2. The van der Waals surface area contributed by atoms with Crippen molar-refractivity contribution in [3.8, 4) is 0 Å². The van der Waals surface area contributed by atoms with Gasteiger partial charge in [0.2, 0.25) is 5.89 Å². The molecule has 2 atom stereocenters. The third kappa shape index (κ3) is 4.86. The van der Waals surface area contributed by atoms with Gasteiger partial charge in [0, 0.05) is 37.9 Å². The number of rotatable bonds is 8. The molecule has 0 saturated carbocycles. The standard InChI is InChI=1S/C16H26N6O2/c1-2-16-19-15(20-24-16)12-21-7-3-5-13(10-21)17-9-14(23)11-22-8-4-6-18-22/h4,6,8,13-14,17,23H,2-3,5,7,9-12H2,1H3/t13-,14+/m1/s1. The van der Waals surface area contributed by atoms with Crippen molar-refractivity contribution < 1.29 is 9.63 Å². The van der Waals surface area contributed by atoms with Crippen molar-refractivity contribution >= 4 is 0 Å². The number of aliphatic hydroxyl groups is 1. The first-order valence-electron chi connectivity index (χ1n) is 8.65. The van der Waals surface area contributed by atoms with Gasteiger partial charge in [-0.25, -0.2) is 0 Å². The zero-order chi connectivity index (χ0) is 16.8. The van der Waals surface area contributed by atoms with Crippen LogP contribution >= 0.6 is 0 Å². The number of aryl methyl sites for hydroxylation is 1. The van der Waals surface area contributed by atoms with E-state index >= 15 is 0 Å². The number of nitrogens with one attached hydrogen (secondary N) is 1. The molecule has 2 aromatic heterocycles. The van der Waals surface area contributed by atoms with Gasteiger partial charge in [-0.15, -0.1) is 0 Å². The van der Waals surface area contributed by atoms with Gasteiger partial charge in [0.05, 0.1) is 19.2 Å². The van der Waals surface area contributed by atoms with Gasteiger partial charge < -0.3 is 14.9 Å². The minimum absolute atomic E-state index is 0.378. The highest BCUT2D eigenvalue weighted by molar-refractivity contribution is 4.88. The molecule has 0 amide bonds. The molecule has 0 unspecified atom stereocenters. The Hall–Kier alpha value is -1.77. The van der Waals surface area contributed by atoms with E-state index in [4.69, 9.17) is 4.52 Å². The Morgan fingerprint density at radius 2 is 2.42 bits per heavy atom. The first-order valence-corrected chi connectivity index (χ1v) is 8.65. The Kier molecular flexibility index (Phi) is 5.95. The molecule has 3 rings (SSSR count). The SMILES string of the molecule is CCc1nc(CN2CCC[C@@H](NC[C@H](O)Cn3cccn3)C2)no1. The zero-order valence-electron chi connectivity index (χ0n) is 14.1. The fraction of sp³-hybridized carbons (Fsp3) is 0.688. The van der Waals surface area contributed by atoms with Gasteiger partial charge in [0.15, 0.2) is 5.82 Å². The highest BCUT2D eigenvalue weighted by Crippen LogP contribution is 2.13. The zero-order valence-corrected chi connectivity index (χ0v) is 14.1. The minimum Gasteiger partial charge on any atom is -0.390 e. The van der Waals surface area contributed by atoms with Crippen molar-refractivity contribution in [2.24, 2.45) is 0 Å². The average Bonchev–Trinajstić information content (AvgIpc) is 3.25. The average molecular weight is 334 g/mol. The number of nitrogens with zero attached hydrogens (tertiary/aromatic N) is 5. The summed E-state index contributed by atoms with van der Waals surface area (Å²) in [7, 11) is 0. The normalized spacial score (nSPS) is 20.3. The summed E-state index contributed by atoms with van der Waals surface area (Å²) in [5.74, 6) is 1.45. The van der Waals surface area contributed by atoms with Crippen LogP contribution in [0.15, 0.2) is 23.0 Å². The van der Waals surface area contributed by atoms with Crippen molar-refractivity contribution in [2.75, 3.05) is 19.6 Å². The van der Waals surface area contributed by atoms with E-state index in [1.807, 2.05) is 19.2 Å². The summed E-state index contributed by atoms with van der Waals surface area (Å²) in [4.78, 5) is 6.71. The lowest BCUT2D eigenvalue weighted by molar-refractivity contribution is 0.126. The van der Waals surface area contributed by atoms with E-state index in [0.29, 0.717) is 25.0 Å². The van der Waals surface area contributed by atoms with Gasteiger partial charge in [0.1, 0.15) is 0 Å². The van der Waals surface area contributed by atoms with Crippen molar-refractivity contribution in [2.45, 2.75) is 51.4 Å². The Bertz CT molecular complexity index is 599. The molecule has 0 aliphatic carbocycles. The van der Waals surface area contributed by atoms with Crippen LogP contribution in [0, 0.1) is 0 Å². The molecule has 2 N–H and O–H groups in total. The fourth-order valence-electron chi connectivity index (χ4n) is 3.06. The van der Waals surface area contributed by atoms with Gasteiger partial charge in [-0.2, -0.15) is 10.1 Å². The van der Waals surface area contributed by atoms with Crippen molar-refractivity contribution in [3.05, 3.63) is 30.2 Å². The van der Waals surface area contributed by atoms with Crippen molar-refractivity contribution in [1.82, 2.24) is 30.1 Å². The summed E-state index contributed by atoms with van der Waals surface area (Å²) in [5, 5.41) is 21.7.